The van der Waals surface area contributed by atoms with Crippen LogP contribution in [0.4, 0.5) is 17.1 Å². The van der Waals surface area contributed by atoms with E-state index in [4.69, 9.17) is 0 Å². The number of benzene rings is 3. The first kappa shape index (κ1) is 23.2. The molecule has 8 nitrogen and oxygen atoms in total. The number of amides is 3. The fourth-order valence-electron chi connectivity index (χ4n) is 2.88. The van der Waals surface area contributed by atoms with Crippen LogP contribution in [0.25, 0.3) is 0 Å². The Morgan fingerprint density at radius 1 is 0.818 bits per heavy atom. The minimum Gasteiger partial charge on any atom is -0.378 e. The highest BCUT2D eigenvalue weighted by atomic mass is 16.2. The van der Waals surface area contributed by atoms with Crippen molar-refractivity contribution in [1.29, 1.82) is 0 Å². The highest BCUT2D eigenvalue weighted by molar-refractivity contribution is 6.40. The first-order valence-electron chi connectivity index (χ1n) is 10.2. The average Bonchev–Trinajstić information content (AvgIpc) is 2.81. The van der Waals surface area contributed by atoms with Gasteiger partial charge >= 0.3 is 11.8 Å². The van der Waals surface area contributed by atoms with Crippen LogP contribution in [0.5, 0.6) is 0 Å². The van der Waals surface area contributed by atoms with E-state index in [-0.39, 0.29) is 11.3 Å². The Hall–Kier alpha value is -4.46. The van der Waals surface area contributed by atoms with E-state index in [1.165, 1.54) is 6.21 Å². The predicted octanol–water partition coefficient (Wildman–Crippen LogP) is 3.40. The molecule has 0 radical (unpaired) electrons. The zero-order valence-corrected chi connectivity index (χ0v) is 18.6. The number of rotatable bonds is 6. The third-order valence-electron chi connectivity index (χ3n) is 4.72. The molecule has 3 N–H and O–H groups in total. The topological polar surface area (TPSA) is 103 Å². The van der Waals surface area contributed by atoms with Crippen LogP contribution in [0, 0.1) is 6.92 Å². The van der Waals surface area contributed by atoms with Gasteiger partial charge in [0.05, 0.1) is 17.5 Å². The van der Waals surface area contributed by atoms with Gasteiger partial charge in [-0.15, -0.1) is 0 Å². The third-order valence-corrected chi connectivity index (χ3v) is 4.72. The van der Waals surface area contributed by atoms with Crippen molar-refractivity contribution < 1.29 is 14.4 Å². The highest BCUT2D eigenvalue weighted by Gasteiger charge is 2.17. The van der Waals surface area contributed by atoms with Gasteiger partial charge in [0.15, 0.2) is 0 Å². The van der Waals surface area contributed by atoms with Crippen molar-refractivity contribution in [2.45, 2.75) is 6.92 Å². The van der Waals surface area contributed by atoms with Gasteiger partial charge in [-0.3, -0.25) is 14.4 Å². The second-order valence-electron chi connectivity index (χ2n) is 7.50. The summed E-state index contributed by atoms with van der Waals surface area (Å²) >= 11 is 0. The van der Waals surface area contributed by atoms with Gasteiger partial charge in [-0.2, -0.15) is 5.10 Å². The van der Waals surface area contributed by atoms with E-state index in [0.717, 1.165) is 16.8 Å². The van der Waals surface area contributed by atoms with Crippen LogP contribution in [0.15, 0.2) is 77.9 Å². The zero-order chi connectivity index (χ0) is 23.8. The first-order chi connectivity index (χ1) is 15.8. The van der Waals surface area contributed by atoms with Crippen LogP contribution in [-0.4, -0.2) is 38.0 Å². The summed E-state index contributed by atoms with van der Waals surface area (Å²) in [6.07, 6.45) is 1.44. The van der Waals surface area contributed by atoms with Crippen LogP contribution in [0.2, 0.25) is 0 Å². The maximum atomic E-state index is 12.7. The van der Waals surface area contributed by atoms with Crippen molar-refractivity contribution in [3.05, 3.63) is 89.5 Å². The number of nitrogens with one attached hydrogen (secondary N) is 3. The van der Waals surface area contributed by atoms with Crippen molar-refractivity contribution in [2.24, 2.45) is 5.10 Å². The molecular weight excluding hydrogens is 418 g/mol. The maximum absolute atomic E-state index is 12.7. The molecule has 0 saturated carbocycles. The minimum absolute atomic E-state index is 0.213. The molecule has 3 aromatic rings. The Kier molecular flexibility index (Phi) is 7.54. The van der Waals surface area contributed by atoms with Crippen LogP contribution in [0.1, 0.15) is 21.5 Å². The van der Waals surface area contributed by atoms with Gasteiger partial charge in [0.1, 0.15) is 0 Å². The Bertz CT molecular complexity index is 1170. The van der Waals surface area contributed by atoms with Crippen molar-refractivity contribution in [3.8, 4) is 0 Å². The van der Waals surface area contributed by atoms with Crippen molar-refractivity contribution in [2.75, 3.05) is 29.6 Å². The molecule has 3 rings (SSSR count). The average molecular weight is 444 g/mol. The van der Waals surface area contributed by atoms with Gasteiger partial charge in [0.25, 0.3) is 5.91 Å². The fourth-order valence-corrected chi connectivity index (χ4v) is 2.88. The van der Waals surface area contributed by atoms with Gasteiger partial charge < -0.3 is 15.5 Å². The molecule has 168 valence electrons. The molecule has 3 aromatic carbocycles. The van der Waals surface area contributed by atoms with Gasteiger partial charge in [0.2, 0.25) is 0 Å². The van der Waals surface area contributed by atoms with Gasteiger partial charge in [-0.1, -0.05) is 42.0 Å². The van der Waals surface area contributed by atoms with E-state index in [1.54, 1.807) is 36.4 Å². The summed E-state index contributed by atoms with van der Waals surface area (Å²) in [5.41, 5.74) is 6.11. The number of hydrogen-bond acceptors (Lipinski definition) is 5. The molecule has 0 aliphatic rings. The summed E-state index contributed by atoms with van der Waals surface area (Å²) in [5, 5.41) is 9.06. The lowest BCUT2D eigenvalue weighted by Crippen LogP contribution is -2.33. The number of nitrogens with zero attached hydrogens (tertiary/aromatic N) is 2. The number of anilines is 3. The van der Waals surface area contributed by atoms with Crippen LogP contribution in [-0.2, 0) is 9.59 Å². The molecule has 0 aromatic heterocycles. The number of aryl methyl sites for hydroxylation is 1. The molecule has 0 fully saturated rings. The monoisotopic (exact) mass is 443 g/mol. The zero-order valence-electron chi connectivity index (χ0n) is 18.6. The molecule has 8 heteroatoms. The highest BCUT2D eigenvalue weighted by Crippen LogP contribution is 2.18. The van der Waals surface area contributed by atoms with E-state index in [0.29, 0.717) is 5.69 Å². The smallest absolute Gasteiger partial charge is 0.329 e. The van der Waals surface area contributed by atoms with Crippen LogP contribution >= 0.6 is 0 Å². The molecule has 0 bridgehead atoms. The van der Waals surface area contributed by atoms with E-state index in [1.807, 2.05) is 62.3 Å². The number of hydrogen-bond donors (Lipinski definition) is 3. The molecule has 0 aliphatic carbocycles. The normalized spacial score (nSPS) is 10.5. The largest absolute Gasteiger partial charge is 0.378 e. The number of carbonyl (C=O) groups is 3. The van der Waals surface area contributed by atoms with Gasteiger partial charge in [0, 0.05) is 25.5 Å². The van der Waals surface area contributed by atoms with Crippen molar-refractivity contribution in [3.63, 3.8) is 0 Å². The van der Waals surface area contributed by atoms with Gasteiger partial charge in [-0.25, -0.2) is 5.43 Å². The Labute approximate surface area is 192 Å². The lowest BCUT2D eigenvalue weighted by molar-refractivity contribution is -0.136. The lowest BCUT2D eigenvalue weighted by Gasteiger charge is -2.11. The second kappa shape index (κ2) is 10.7. The van der Waals surface area contributed by atoms with E-state index in [2.05, 4.69) is 21.2 Å². The molecule has 0 atom stereocenters. The SMILES string of the molecule is Cc1ccc(NC(=O)c2ccccc2NC(=O)C(=O)N/N=C\c2ccc(N(C)C)cc2)cc1. The van der Waals surface area contributed by atoms with Crippen LogP contribution < -0.4 is 21.0 Å². The van der Waals surface area contributed by atoms with E-state index < -0.39 is 17.7 Å². The summed E-state index contributed by atoms with van der Waals surface area (Å²) in [4.78, 5) is 39.1. The Morgan fingerprint density at radius 2 is 1.48 bits per heavy atom. The standard InChI is InChI=1S/C25H25N5O3/c1-17-8-12-19(13-9-17)27-23(31)21-6-4-5-7-22(21)28-24(32)25(33)29-26-16-18-10-14-20(15-11-18)30(2)3/h4-16H,1-3H3,(H,27,31)(H,28,32)(H,29,33)/b26-16-. The molecule has 0 aliphatic heterocycles. The van der Waals surface area contributed by atoms with Crippen molar-refractivity contribution in [1.82, 2.24) is 5.43 Å². The molecule has 33 heavy (non-hydrogen) atoms. The van der Waals surface area contributed by atoms with E-state index in [9.17, 15) is 14.4 Å². The molecule has 0 saturated heterocycles. The molecule has 0 unspecified atom stereocenters. The molecule has 0 heterocycles. The molecule has 0 spiro atoms. The lowest BCUT2D eigenvalue weighted by atomic mass is 10.1. The Morgan fingerprint density at radius 3 is 2.15 bits per heavy atom. The summed E-state index contributed by atoms with van der Waals surface area (Å²) in [7, 11) is 3.87. The maximum Gasteiger partial charge on any atom is 0.329 e. The minimum atomic E-state index is -0.954. The molecular formula is C25H25N5O3. The number of hydrazone groups is 1. The van der Waals surface area contributed by atoms with Gasteiger partial charge in [-0.05, 0) is 48.9 Å². The van der Waals surface area contributed by atoms with Crippen molar-refractivity contribution >= 4 is 41.0 Å². The fraction of sp³-hybridized carbons (Fsp3) is 0.120. The summed E-state index contributed by atoms with van der Waals surface area (Å²) in [6, 6.07) is 21.3. The summed E-state index contributed by atoms with van der Waals surface area (Å²) in [5.74, 6) is -2.30. The Balaban J connectivity index is 1.60. The second-order valence-corrected chi connectivity index (χ2v) is 7.50. The number of carbonyl (C=O) groups excluding carboxylic acids is 3. The third kappa shape index (κ3) is 6.51. The summed E-state index contributed by atoms with van der Waals surface area (Å²) in [6.45, 7) is 1.95. The first-order valence-corrected chi connectivity index (χ1v) is 10.2. The molecule has 3 amide bonds. The van der Waals surface area contributed by atoms with E-state index >= 15 is 0 Å². The van der Waals surface area contributed by atoms with Crippen LogP contribution in [0.3, 0.4) is 0 Å². The summed E-state index contributed by atoms with van der Waals surface area (Å²) < 4.78 is 0. The quantitative estimate of drug-likeness (QED) is 0.309. The predicted molar refractivity (Wildman–Crippen MR) is 131 cm³/mol. The number of para-hydroxylation sites is 1.